The van der Waals surface area contributed by atoms with Gasteiger partial charge in [-0.1, -0.05) is 0 Å². The van der Waals surface area contributed by atoms with Crippen LogP contribution in [0.5, 0.6) is 0 Å². The molecule has 116 valence electrons. The highest BCUT2D eigenvalue weighted by atomic mass is 16.5. The van der Waals surface area contributed by atoms with Crippen LogP contribution in [-0.4, -0.2) is 91.7 Å². The van der Waals surface area contributed by atoms with E-state index < -0.39 is 0 Å². The molecule has 2 N–H and O–H groups in total. The molecule has 2 rings (SSSR count). The largest absolute Gasteiger partial charge is 0.374 e. The third-order valence-corrected chi connectivity index (χ3v) is 4.26. The highest BCUT2D eigenvalue weighted by Gasteiger charge is 2.26. The normalized spacial score (nSPS) is 26.2. The van der Waals surface area contributed by atoms with E-state index in [4.69, 9.17) is 10.5 Å². The predicted octanol–water partition coefficient (Wildman–Crippen LogP) is -0.801. The van der Waals surface area contributed by atoms with Crippen LogP contribution in [-0.2, 0) is 9.53 Å². The molecule has 0 aromatic carbocycles. The highest BCUT2D eigenvalue weighted by Crippen LogP contribution is 2.11. The Balaban J connectivity index is 1.73. The number of ether oxygens (including phenoxy) is 1. The molecule has 6 nitrogen and oxygen atoms in total. The standard InChI is InChI=1S/C14H28N4O2/c1-12(2)18-7-8-20-13(11-18)10-16-3-5-17(6-4-16)14(19)9-15/h12-13H,3-11,15H2,1-2H3. The average molecular weight is 284 g/mol. The number of carbonyl (C=O) groups excluding carboxylic acids is 1. The zero-order chi connectivity index (χ0) is 14.5. The summed E-state index contributed by atoms with van der Waals surface area (Å²) < 4.78 is 5.87. The Bertz CT molecular complexity index is 316. The van der Waals surface area contributed by atoms with Gasteiger partial charge in [0.2, 0.25) is 5.91 Å². The second-order valence-electron chi connectivity index (χ2n) is 5.97. The Kier molecular flexibility index (Phi) is 5.77. The molecule has 20 heavy (non-hydrogen) atoms. The van der Waals surface area contributed by atoms with Crippen molar-refractivity contribution in [2.24, 2.45) is 5.73 Å². The summed E-state index contributed by atoms with van der Waals surface area (Å²) in [6.07, 6.45) is 0.294. The maximum atomic E-state index is 11.5. The zero-order valence-corrected chi connectivity index (χ0v) is 12.8. The van der Waals surface area contributed by atoms with E-state index >= 15 is 0 Å². The lowest BCUT2D eigenvalue weighted by Crippen LogP contribution is -2.54. The lowest BCUT2D eigenvalue weighted by atomic mass is 10.2. The number of hydrogen-bond donors (Lipinski definition) is 1. The molecule has 2 saturated heterocycles. The first kappa shape index (κ1) is 15.7. The van der Waals surface area contributed by atoms with E-state index in [1.54, 1.807) is 0 Å². The van der Waals surface area contributed by atoms with Gasteiger partial charge in [0.05, 0.1) is 19.3 Å². The lowest BCUT2D eigenvalue weighted by Gasteiger charge is -2.40. The van der Waals surface area contributed by atoms with Crippen molar-refractivity contribution in [1.29, 1.82) is 0 Å². The Hall–Kier alpha value is -0.690. The molecule has 2 heterocycles. The number of hydrogen-bond acceptors (Lipinski definition) is 5. The summed E-state index contributed by atoms with van der Waals surface area (Å²) in [5, 5.41) is 0. The summed E-state index contributed by atoms with van der Waals surface area (Å²) in [6, 6.07) is 0.584. The number of morpholine rings is 1. The van der Waals surface area contributed by atoms with Crippen molar-refractivity contribution in [1.82, 2.24) is 14.7 Å². The Morgan fingerprint density at radius 1 is 1.25 bits per heavy atom. The molecule has 6 heteroatoms. The van der Waals surface area contributed by atoms with Crippen LogP contribution in [0.3, 0.4) is 0 Å². The first-order valence-electron chi connectivity index (χ1n) is 7.66. The number of rotatable bonds is 4. The predicted molar refractivity (Wildman–Crippen MR) is 78.5 cm³/mol. The van der Waals surface area contributed by atoms with Crippen molar-refractivity contribution in [2.75, 3.05) is 59.0 Å². The number of piperazine rings is 1. The van der Waals surface area contributed by atoms with Gasteiger partial charge in [-0.2, -0.15) is 0 Å². The second-order valence-corrected chi connectivity index (χ2v) is 5.97. The minimum atomic E-state index is 0.0598. The van der Waals surface area contributed by atoms with Crippen LogP contribution < -0.4 is 5.73 Å². The molecule has 1 unspecified atom stereocenters. The van der Waals surface area contributed by atoms with E-state index in [0.29, 0.717) is 12.1 Å². The van der Waals surface area contributed by atoms with Crippen molar-refractivity contribution in [3.05, 3.63) is 0 Å². The third-order valence-electron chi connectivity index (χ3n) is 4.26. The molecule has 2 fully saturated rings. The quantitative estimate of drug-likeness (QED) is 0.732. The van der Waals surface area contributed by atoms with Gasteiger partial charge in [0.15, 0.2) is 0 Å². The van der Waals surface area contributed by atoms with Gasteiger partial charge in [-0.25, -0.2) is 0 Å². The Morgan fingerprint density at radius 2 is 1.95 bits per heavy atom. The SMILES string of the molecule is CC(C)N1CCOC(CN2CCN(C(=O)CN)CC2)C1. The molecule has 0 radical (unpaired) electrons. The topological polar surface area (TPSA) is 62.0 Å². The molecule has 0 spiro atoms. The maximum Gasteiger partial charge on any atom is 0.236 e. The molecule has 0 aliphatic carbocycles. The summed E-state index contributed by atoms with van der Waals surface area (Å²) in [7, 11) is 0. The van der Waals surface area contributed by atoms with E-state index in [-0.39, 0.29) is 12.5 Å². The van der Waals surface area contributed by atoms with E-state index in [9.17, 15) is 4.79 Å². The minimum absolute atomic E-state index is 0.0598. The molecule has 0 bridgehead atoms. The van der Waals surface area contributed by atoms with E-state index in [1.165, 1.54) is 0 Å². The summed E-state index contributed by atoms with van der Waals surface area (Å²) >= 11 is 0. The highest BCUT2D eigenvalue weighted by molar-refractivity contribution is 5.78. The molecule has 1 atom stereocenters. The van der Waals surface area contributed by atoms with Crippen LogP contribution in [0.4, 0.5) is 0 Å². The molecule has 0 aromatic rings. The van der Waals surface area contributed by atoms with E-state index in [1.807, 2.05) is 4.90 Å². The van der Waals surface area contributed by atoms with Crippen molar-refractivity contribution >= 4 is 5.91 Å². The first-order valence-corrected chi connectivity index (χ1v) is 7.66. The number of nitrogens with zero attached hydrogens (tertiary/aromatic N) is 3. The minimum Gasteiger partial charge on any atom is -0.374 e. The molecular formula is C14H28N4O2. The van der Waals surface area contributed by atoms with Gasteiger partial charge in [-0.3, -0.25) is 14.6 Å². The second kappa shape index (κ2) is 7.36. The smallest absolute Gasteiger partial charge is 0.236 e. The summed E-state index contributed by atoms with van der Waals surface area (Å²) in [5.74, 6) is 0.0598. The van der Waals surface area contributed by atoms with Gasteiger partial charge in [-0.15, -0.1) is 0 Å². The fraction of sp³-hybridized carbons (Fsp3) is 0.929. The van der Waals surface area contributed by atoms with Crippen LogP contribution in [0, 0.1) is 0 Å². The zero-order valence-electron chi connectivity index (χ0n) is 12.8. The van der Waals surface area contributed by atoms with Gasteiger partial charge in [0.1, 0.15) is 0 Å². The van der Waals surface area contributed by atoms with Crippen molar-refractivity contribution < 1.29 is 9.53 Å². The third kappa shape index (κ3) is 4.15. The van der Waals surface area contributed by atoms with Crippen LogP contribution in [0.15, 0.2) is 0 Å². The Labute approximate surface area is 121 Å². The van der Waals surface area contributed by atoms with Crippen LogP contribution in [0.2, 0.25) is 0 Å². The molecule has 0 saturated carbocycles. The first-order chi connectivity index (χ1) is 9.60. The fourth-order valence-electron chi connectivity index (χ4n) is 2.92. The maximum absolute atomic E-state index is 11.5. The van der Waals surface area contributed by atoms with E-state index in [0.717, 1.165) is 52.4 Å². The van der Waals surface area contributed by atoms with Crippen LogP contribution >= 0.6 is 0 Å². The number of amides is 1. The van der Waals surface area contributed by atoms with Crippen molar-refractivity contribution in [3.8, 4) is 0 Å². The summed E-state index contributed by atoms with van der Waals surface area (Å²) in [5.41, 5.74) is 5.40. The number of carbonyl (C=O) groups is 1. The van der Waals surface area contributed by atoms with Crippen LogP contribution in [0.25, 0.3) is 0 Å². The van der Waals surface area contributed by atoms with Gasteiger partial charge < -0.3 is 15.4 Å². The van der Waals surface area contributed by atoms with Gasteiger partial charge >= 0.3 is 0 Å². The molecule has 1 amide bonds. The fourth-order valence-corrected chi connectivity index (χ4v) is 2.92. The van der Waals surface area contributed by atoms with Gasteiger partial charge in [0, 0.05) is 51.9 Å². The van der Waals surface area contributed by atoms with Crippen molar-refractivity contribution in [2.45, 2.75) is 26.0 Å². The molecular weight excluding hydrogens is 256 g/mol. The lowest BCUT2D eigenvalue weighted by molar-refractivity contribution is -0.131. The molecule has 2 aliphatic rings. The molecule has 0 aromatic heterocycles. The van der Waals surface area contributed by atoms with Crippen molar-refractivity contribution in [3.63, 3.8) is 0 Å². The number of nitrogens with two attached hydrogens (primary N) is 1. The monoisotopic (exact) mass is 284 g/mol. The Morgan fingerprint density at radius 3 is 2.55 bits per heavy atom. The van der Waals surface area contributed by atoms with Gasteiger partial charge in [0.25, 0.3) is 0 Å². The average Bonchev–Trinajstić information content (AvgIpc) is 2.47. The van der Waals surface area contributed by atoms with Crippen LogP contribution in [0.1, 0.15) is 13.8 Å². The molecule has 2 aliphatic heterocycles. The van der Waals surface area contributed by atoms with E-state index in [2.05, 4.69) is 23.6 Å². The van der Waals surface area contributed by atoms with Gasteiger partial charge in [-0.05, 0) is 13.8 Å². The summed E-state index contributed by atoms with van der Waals surface area (Å²) in [4.78, 5) is 18.3. The summed E-state index contributed by atoms with van der Waals surface area (Å²) in [6.45, 7) is 11.9.